The minimum absolute atomic E-state index is 0. The lowest BCUT2D eigenvalue weighted by Gasteiger charge is -2.36. The molecule has 0 aromatic heterocycles. The van der Waals surface area contributed by atoms with Gasteiger partial charge in [0, 0.05) is 24.7 Å². The van der Waals surface area contributed by atoms with Crippen molar-refractivity contribution in [1.82, 2.24) is 10.4 Å². The van der Waals surface area contributed by atoms with Gasteiger partial charge in [0.1, 0.15) is 0 Å². The molecule has 10 heteroatoms. The summed E-state index contributed by atoms with van der Waals surface area (Å²) in [6, 6.07) is 10.5. The van der Waals surface area contributed by atoms with Crippen molar-refractivity contribution in [3.63, 3.8) is 0 Å². The molecule has 3 rings (SSSR count). The van der Waals surface area contributed by atoms with Gasteiger partial charge in [0.05, 0.1) is 4.90 Å². The molecule has 0 spiro atoms. The molecule has 0 radical (unpaired) electrons. The lowest BCUT2D eigenvalue weighted by atomic mass is 9.87. The Morgan fingerprint density at radius 1 is 1.06 bits per heavy atom. The van der Waals surface area contributed by atoms with E-state index in [1.165, 1.54) is 19.3 Å². The molecule has 0 heterocycles. The van der Waals surface area contributed by atoms with E-state index in [-0.39, 0.29) is 41.2 Å². The molecule has 1 unspecified atom stereocenters. The summed E-state index contributed by atoms with van der Waals surface area (Å²) in [4.78, 5) is 0.127. The zero-order valence-corrected chi connectivity index (χ0v) is 22.0. The molecule has 5 N–H and O–H groups in total. The summed E-state index contributed by atoms with van der Waals surface area (Å²) in [5, 5.41) is 27.5. The number of benzene rings is 2. The molecule has 0 aliphatic heterocycles. The number of fused-ring (bicyclic) bond motifs is 1. The van der Waals surface area contributed by atoms with Gasteiger partial charge in [-0.05, 0) is 61.4 Å². The van der Waals surface area contributed by atoms with Crippen molar-refractivity contribution in [2.75, 3.05) is 13.1 Å². The highest BCUT2D eigenvalue weighted by atomic mass is 35.5. The summed E-state index contributed by atoms with van der Waals surface area (Å²) in [7, 11) is -3.67. The number of primary sulfonamides is 1. The van der Waals surface area contributed by atoms with E-state index in [2.05, 4.69) is 17.4 Å². The second kappa shape index (κ2) is 14.1. The zero-order chi connectivity index (χ0) is 23.1. The smallest absolute Gasteiger partial charge is 0.238 e. The van der Waals surface area contributed by atoms with E-state index in [9.17, 15) is 18.6 Å². The monoisotopic (exact) mass is 533 g/mol. The van der Waals surface area contributed by atoms with Crippen molar-refractivity contribution in [2.24, 2.45) is 5.14 Å². The van der Waals surface area contributed by atoms with E-state index in [0.717, 1.165) is 61.9 Å². The number of sulfonamides is 1. The number of nitrogens with one attached hydrogen (secondary N) is 1. The Bertz CT molecular complexity index is 1000. The molecule has 0 fully saturated rings. The number of rotatable bonds is 11. The number of nitrogens with zero attached hydrogens (tertiary/aromatic N) is 1. The van der Waals surface area contributed by atoms with Gasteiger partial charge in [-0.15, -0.1) is 24.8 Å². The zero-order valence-electron chi connectivity index (χ0n) is 19.6. The highest BCUT2D eigenvalue weighted by molar-refractivity contribution is 7.89. The molecule has 34 heavy (non-hydrogen) atoms. The first-order chi connectivity index (χ1) is 15.3. The van der Waals surface area contributed by atoms with Crippen LogP contribution in [0, 0.1) is 0 Å². The first-order valence-electron chi connectivity index (χ1n) is 11.4. The highest BCUT2D eigenvalue weighted by Gasteiger charge is 2.26. The Morgan fingerprint density at radius 3 is 2.41 bits per heavy atom. The van der Waals surface area contributed by atoms with Crippen LogP contribution in [0.3, 0.4) is 0 Å². The van der Waals surface area contributed by atoms with Gasteiger partial charge in [0.25, 0.3) is 0 Å². The molecule has 7 nitrogen and oxygen atoms in total. The fourth-order valence-corrected chi connectivity index (χ4v) is 4.87. The van der Waals surface area contributed by atoms with Crippen LogP contribution in [0.15, 0.2) is 41.3 Å². The number of nitrogens with two attached hydrogens (primary N) is 1. The fourth-order valence-electron chi connectivity index (χ4n) is 4.36. The molecule has 2 aromatic carbocycles. The van der Waals surface area contributed by atoms with Crippen LogP contribution in [0.5, 0.6) is 11.5 Å². The first kappa shape index (κ1) is 30.5. The van der Waals surface area contributed by atoms with E-state index in [0.29, 0.717) is 6.04 Å². The number of hydrogen-bond acceptors (Lipinski definition) is 6. The Morgan fingerprint density at radius 2 is 1.76 bits per heavy atom. The maximum Gasteiger partial charge on any atom is 0.238 e. The van der Waals surface area contributed by atoms with Crippen molar-refractivity contribution >= 4 is 34.8 Å². The maximum atomic E-state index is 11.4. The molecule has 0 bridgehead atoms. The van der Waals surface area contributed by atoms with Crippen molar-refractivity contribution in [1.29, 1.82) is 0 Å². The summed E-state index contributed by atoms with van der Waals surface area (Å²) in [6.07, 6.45) is 7.99. The lowest BCUT2D eigenvalue weighted by Crippen LogP contribution is -2.49. The van der Waals surface area contributed by atoms with Crippen LogP contribution in [0.4, 0.5) is 0 Å². The van der Waals surface area contributed by atoms with E-state index >= 15 is 0 Å². The molecule has 2 aromatic rings. The van der Waals surface area contributed by atoms with Crippen molar-refractivity contribution in [2.45, 2.75) is 69.2 Å². The average Bonchev–Trinajstić information content (AvgIpc) is 2.77. The summed E-state index contributed by atoms with van der Waals surface area (Å²) in [6.45, 7) is 3.90. The summed E-state index contributed by atoms with van der Waals surface area (Å²) in [5.74, 6) is -0.0310. The number of hydrogen-bond donors (Lipinski definition) is 4. The van der Waals surface area contributed by atoms with Gasteiger partial charge < -0.3 is 10.2 Å². The summed E-state index contributed by atoms with van der Waals surface area (Å²) < 4.78 is 22.9. The van der Waals surface area contributed by atoms with Gasteiger partial charge in [-0.1, -0.05) is 44.4 Å². The van der Waals surface area contributed by atoms with E-state index in [1.807, 2.05) is 6.07 Å². The molecule has 1 aliphatic rings. The second-order valence-corrected chi connectivity index (χ2v) is 10.1. The number of unbranched alkanes of at least 4 members (excludes halogenated alkanes) is 3. The maximum absolute atomic E-state index is 11.4. The molecular formula is C24H37Cl2N3O4S. The third-order valence-corrected chi connectivity index (χ3v) is 7.14. The van der Waals surface area contributed by atoms with Gasteiger partial charge in [0.15, 0.2) is 11.5 Å². The van der Waals surface area contributed by atoms with Crippen LogP contribution < -0.4 is 10.6 Å². The third kappa shape index (κ3) is 8.29. The van der Waals surface area contributed by atoms with Crippen LogP contribution in [-0.2, 0) is 29.3 Å². The SMILES string of the molecule is CCCCCCN(NCCc1ccc(S(N)(=O)=O)cc1)C1CCc2c(ccc(O)c2O)C1.Cl.Cl. The normalized spacial score (nSPS) is 15.3. The largest absolute Gasteiger partial charge is 0.504 e. The molecular weight excluding hydrogens is 497 g/mol. The topological polar surface area (TPSA) is 116 Å². The number of phenols is 2. The van der Waals surface area contributed by atoms with Crippen LogP contribution >= 0.6 is 24.8 Å². The summed E-state index contributed by atoms with van der Waals surface area (Å²) >= 11 is 0. The molecule has 1 atom stereocenters. The Balaban J connectivity index is 0.00000289. The quantitative estimate of drug-likeness (QED) is 0.196. The summed E-state index contributed by atoms with van der Waals surface area (Å²) in [5.41, 5.74) is 6.60. The first-order valence-corrected chi connectivity index (χ1v) is 13.0. The second-order valence-electron chi connectivity index (χ2n) is 8.57. The standard InChI is InChI=1S/C24H35N3O4S.2ClH/c1-2-3-4-5-16-27(20-9-12-22-19(17-20)8-13-23(28)24(22)29)26-15-14-18-6-10-21(11-7-18)32(25,30)31;;/h6-8,10-11,13,20,26,28-29H,2-5,9,12,14-17H2,1H3,(H2,25,30,31);2*1H. The van der Waals surface area contributed by atoms with E-state index < -0.39 is 10.0 Å². The fraction of sp³-hybridized carbons (Fsp3) is 0.500. The molecule has 0 amide bonds. The minimum Gasteiger partial charge on any atom is -0.504 e. The van der Waals surface area contributed by atoms with Crippen LogP contribution in [0.25, 0.3) is 0 Å². The number of phenolic OH excluding ortho intramolecular Hbond substituents is 2. The van der Waals surface area contributed by atoms with Gasteiger partial charge in [-0.3, -0.25) is 5.43 Å². The minimum atomic E-state index is -3.67. The number of halogens is 2. The van der Waals surface area contributed by atoms with Crippen LogP contribution in [0.1, 0.15) is 55.7 Å². The van der Waals surface area contributed by atoms with Crippen LogP contribution in [0.2, 0.25) is 0 Å². The van der Waals surface area contributed by atoms with Crippen LogP contribution in [-0.4, -0.2) is 42.8 Å². The van der Waals surface area contributed by atoms with Gasteiger partial charge in [-0.2, -0.15) is 0 Å². The Hall–Kier alpha value is -1.55. The van der Waals surface area contributed by atoms with Gasteiger partial charge in [0.2, 0.25) is 10.0 Å². The van der Waals surface area contributed by atoms with E-state index in [1.54, 1.807) is 30.3 Å². The highest BCUT2D eigenvalue weighted by Crippen LogP contribution is 2.36. The lowest BCUT2D eigenvalue weighted by molar-refractivity contribution is 0.109. The Labute approximate surface area is 215 Å². The average molecular weight is 535 g/mol. The van der Waals surface area contributed by atoms with Gasteiger partial charge in [-0.25, -0.2) is 18.6 Å². The molecule has 0 saturated heterocycles. The molecule has 0 saturated carbocycles. The van der Waals surface area contributed by atoms with Crippen molar-refractivity contribution in [3.8, 4) is 11.5 Å². The molecule has 192 valence electrons. The van der Waals surface area contributed by atoms with Gasteiger partial charge >= 0.3 is 0 Å². The van der Waals surface area contributed by atoms with E-state index in [4.69, 9.17) is 5.14 Å². The predicted octanol–water partition coefficient (Wildman–Crippen LogP) is 4.08. The number of hydrazine groups is 1. The Kier molecular flexibility index (Phi) is 12.7. The van der Waals surface area contributed by atoms with Crippen molar-refractivity contribution < 1.29 is 18.6 Å². The number of aromatic hydroxyl groups is 2. The third-order valence-electron chi connectivity index (χ3n) is 6.22. The van der Waals surface area contributed by atoms with Crippen molar-refractivity contribution in [3.05, 3.63) is 53.1 Å². The predicted molar refractivity (Wildman–Crippen MR) is 140 cm³/mol. The molecule has 1 aliphatic carbocycles.